The molecule has 89 heavy (non-hydrogen) atoms. The number of halogens is 4. The van der Waals surface area contributed by atoms with Crippen molar-refractivity contribution in [3.63, 3.8) is 0 Å². The molecule has 4 N–H and O–H groups in total. The van der Waals surface area contributed by atoms with Crippen LogP contribution in [0.2, 0.25) is 0 Å². The van der Waals surface area contributed by atoms with E-state index in [0.717, 1.165) is 50.2 Å². The molecule has 0 aliphatic heterocycles. The van der Waals surface area contributed by atoms with Crippen LogP contribution in [0.25, 0.3) is 17.1 Å². The second-order valence-electron chi connectivity index (χ2n) is 18.5. The fourth-order valence-electron chi connectivity index (χ4n) is 7.43. The van der Waals surface area contributed by atoms with Gasteiger partial charge in [0.15, 0.2) is 17.4 Å². The first-order valence-electron chi connectivity index (χ1n) is 41.0. The predicted octanol–water partition coefficient (Wildman–Crippen LogP) is 18.9. The average molecular weight is 1510 g/mol. The van der Waals surface area contributed by atoms with Crippen LogP contribution in [0.3, 0.4) is 0 Å². The largest absolute Gasteiger partial charge is 0.488 e. The van der Waals surface area contributed by atoms with Gasteiger partial charge in [-0.05, 0) is 139 Å². The summed E-state index contributed by atoms with van der Waals surface area (Å²) in [5.74, 6) is -3.87. The molecule has 9 rings (SSSR count). The fraction of sp³-hybridized carbons (Fsp3) is 0.306. The summed E-state index contributed by atoms with van der Waals surface area (Å²) >= 11 is 12.5. The lowest BCUT2D eigenvalue weighted by atomic mass is 9.74. The number of thiol groups is 1. The van der Waals surface area contributed by atoms with E-state index in [2.05, 4.69) is 110 Å². The van der Waals surface area contributed by atoms with Crippen LogP contribution in [0.1, 0.15) is 198 Å². The van der Waals surface area contributed by atoms with Crippen molar-refractivity contribution in [2.45, 2.75) is 126 Å². The minimum Gasteiger partial charge on any atom is -0.423 e. The number of Topliss-reactive ketones (excluding diaryl/α,β-unsaturated/α-hetero) is 2. The fourth-order valence-corrected chi connectivity index (χ4v) is 10.7. The number of aromatic nitrogens is 5. The van der Waals surface area contributed by atoms with Crippen molar-refractivity contribution < 1.29 is 61.8 Å². The topological polar surface area (TPSA) is 163 Å². The van der Waals surface area contributed by atoms with Gasteiger partial charge in [-0.1, -0.05) is 264 Å². The molecule has 11 nitrogen and oxygen atoms in total. The van der Waals surface area contributed by atoms with Crippen molar-refractivity contribution >= 4 is 104 Å². The number of aryl methyl sites for hydroxylation is 1. The first-order valence-corrected chi connectivity index (χ1v) is 32.0. The van der Waals surface area contributed by atoms with Crippen LogP contribution in [-0.2, 0) is 12.1 Å². The van der Waals surface area contributed by atoms with Gasteiger partial charge in [0, 0.05) is 89.9 Å². The Hall–Kier alpha value is -5.89. The van der Waals surface area contributed by atoms with Crippen molar-refractivity contribution in [1.29, 1.82) is 1.12 Å². The summed E-state index contributed by atoms with van der Waals surface area (Å²) in [4.78, 5) is 31.2. The lowest BCUT2D eigenvalue weighted by molar-refractivity contribution is 0.0778. The highest BCUT2D eigenvalue weighted by molar-refractivity contribution is 9.11. The van der Waals surface area contributed by atoms with Gasteiger partial charge in [-0.3, -0.25) is 20.4 Å². The Kier molecular flexibility index (Phi) is 20.1. The maximum Gasteiger partial charge on any atom is 0.488 e. The van der Waals surface area contributed by atoms with Crippen LogP contribution < -0.4 is 10.8 Å². The quantitative estimate of drug-likeness (QED) is 0.0379. The van der Waals surface area contributed by atoms with Gasteiger partial charge in [0.1, 0.15) is 5.82 Å². The van der Waals surface area contributed by atoms with Crippen LogP contribution in [0.5, 0.6) is 0 Å². The van der Waals surface area contributed by atoms with Gasteiger partial charge in [0.25, 0.3) is 0 Å². The summed E-state index contributed by atoms with van der Waals surface area (Å²) in [5.41, 5.74) is 0.815. The Morgan fingerprint density at radius 3 is 1.65 bits per heavy atom. The molecule has 0 radical (unpaired) electrons. The number of rotatable bonds is 15. The van der Waals surface area contributed by atoms with E-state index >= 15 is 0 Å². The summed E-state index contributed by atoms with van der Waals surface area (Å²) in [7, 11) is -2.95. The van der Waals surface area contributed by atoms with Gasteiger partial charge < -0.3 is 20.5 Å². The first kappa shape index (κ1) is 43.8. The summed E-state index contributed by atoms with van der Waals surface area (Å²) in [6.45, 7) is -11.6. The molecular formula is C72H89BBr4N6O5S. The Balaban J connectivity index is 0.000000370. The number of carbonyl (C=O) groups is 2. The second kappa shape index (κ2) is 40.8. The number of benzene rings is 7. The number of ketones is 2. The van der Waals surface area contributed by atoms with E-state index < -0.39 is 107 Å². The molecule has 7 aromatic carbocycles. The minimum absolute atomic E-state index is 0.0556. The zero-order chi connectivity index (χ0) is 89.9. The molecule has 17 heteroatoms. The Morgan fingerprint density at radius 1 is 0.663 bits per heavy atom. The van der Waals surface area contributed by atoms with Crippen LogP contribution >= 0.6 is 74.5 Å². The van der Waals surface area contributed by atoms with Gasteiger partial charge in [-0.25, -0.2) is 14.6 Å². The third-order valence-corrected chi connectivity index (χ3v) is 17.4. The smallest absolute Gasteiger partial charge is 0.423 e. The molecule has 9 aromatic rings. The van der Waals surface area contributed by atoms with Gasteiger partial charge in [0.05, 0.1) is 24.8 Å². The molecule has 0 saturated carbocycles. The maximum absolute atomic E-state index is 11.3. The van der Waals surface area contributed by atoms with E-state index in [0.29, 0.717) is 38.3 Å². The number of hydrogen-bond acceptors (Lipinski definition) is 10. The predicted molar refractivity (Wildman–Crippen MR) is 392 cm³/mol. The van der Waals surface area contributed by atoms with Crippen LogP contribution in [-0.4, -0.2) is 77.2 Å². The molecule has 0 fully saturated rings. The SMILES string of the molecule is CC(=O)c1ccccc1Br.[2H]C([2H])([2H])C(=O)c1ccccc1Br.[2H]C([2H])([2H])C(O)(c1ccccc1Br)C([2H])([2H])[2H].[2H]C([2H])([2H])C([2H])(C)c1ccccc1-c1ncc(C)c(NCc2ccc(-n3ccnn3)cc2)n1.[2H]C([2H])([2H])C([2H])(c1ccccc1B(O)O)C([2H])([2H])[2H].[2H]C([2H])([2H])C([2H])(c1ccccc1Br)C([2H])([2H])[2H].[2H]S(CC)(CC)CC. The van der Waals surface area contributed by atoms with Crippen molar-refractivity contribution in [2.24, 2.45) is 0 Å². The van der Waals surface area contributed by atoms with E-state index in [1.165, 1.54) is 67.6 Å². The standard InChI is InChI=1S/C23H24N6.C9H13BO2.C9H11BrO.C9H11Br.2C8H7BrO.C6H16S/c1-16(2)20-6-4-5-7-21(20)23-24-14-17(3)22(27-23)25-15-18-8-10-19(11-9-18)29-13-12-26-28-29;1-7(2)8-5-3-4-6-9(8)10(11)12;1-9(2,11)7-5-3-4-6-8(7)10;1-7(2)8-5-3-4-6-9(8)10;2*1-6(10)7-4-2-3-5-8(7)9;1-4-7(5-2)6-3/h4-14,16H,15H2,1-3H3,(H,24,25,27);3-7,11-12H,1-2H3;3-6,11H,1-2H3;3-7H,1-2H3;2*2-5H,1H3;7H,4-6H2,1-3H3/i1D3,16D;1D3,2D3,7D;1D3,2D3;1D3,2D3,7D;1D3;;7D. The minimum atomic E-state index is -3.15. The maximum atomic E-state index is 11.3. The molecular weight excluding hydrogens is 1390 g/mol. The van der Waals surface area contributed by atoms with Crippen LogP contribution in [0, 0.1) is 6.92 Å². The molecule has 0 aliphatic carbocycles. The number of anilines is 1. The third-order valence-electron chi connectivity index (χ3n) is 12.1. The number of nitrogens with one attached hydrogen (secondary N) is 1. The Morgan fingerprint density at radius 2 is 1.17 bits per heavy atom. The highest BCUT2D eigenvalue weighted by atomic mass is 79.9. The number of aliphatic hydroxyl groups is 1. The molecule has 1 unspecified atom stereocenters. The molecule has 2 aromatic heterocycles. The second-order valence-corrected chi connectivity index (χ2v) is 24.8. The van der Waals surface area contributed by atoms with Gasteiger partial charge in [-0.15, -0.1) is 5.10 Å². The summed E-state index contributed by atoms with van der Waals surface area (Å²) in [5, 5.41) is 39.7. The van der Waals surface area contributed by atoms with Crippen molar-refractivity contribution in [2.75, 3.05) is 22.6 Å². The van der Waals surface area contributed by atoms with Gasteiger partial charge in [0.2, 0.25) is 0 Å². The van der Waals surface area contributed by atoms with E-state index in [-0.39, 0.29) is 32.4 Å². The lowest BCUT2D eigenvalue weighted by Crippen LogP contribution is -2.33. The highest BCUT2D eigenvalue weighted by Crippen LogP contribution is 2.30. The molecule has 0 aliphatic rings. The summed E-state index contributed by atoms with van der Waals surface area (Å²) < 4.78 is 212. The highest BCUT2D eigenvalue weighted by Gasteiger charge is 2.19. The van der Waals surface area contributed by atoms with E-state index in [4.69, 9.17) is 38.1 Å². The summed E-state index contributed by atoms with van der Waals surface area (Å²) in [6, 6.07) is 45.6. The third kappa shape index (κ3) is 27.2. The van der Waals surface area contributed by atoms with E-state index in [1.807, 2.05) is 49.4 Å². The number of nitrogens with zero attached hydrogens (tertiary/aromatic N) is 5. The lowest BCUT2D eigenvalue weighted by Gasteiger charge is -2.18. The Bertz CT molecular complexity index is 4550. The monoisotopic (exact) mass is 1500 g/mol. The van der Waals surface area contributed by atoms with Crippen molar-refractivity contribution in [3.8, 4) is 17.1 Å². The summed E-state index contributed by atoms with van der Waals surface area (Å²) in [6.07, 6.45) is 5.11. The van der Waals surface area contributed by atoms with E-state index in [9.17, 15) is 24.7 Å². The van der Waals surface area contributed by atoms with Crippen molar-refractivity contribution in [3.05, 3.63) is 251 Å². The molecule has 0 amide bonds. The zero-order valence-corrected chi connectivity index (χ0v) is 56.8. The number of hydrogen-bond donors (Lipinski definition) is 5. The average Bonchev–Trinajstić information content (AvgIpc) is 1.32. The van der Waals surface area contributed by atoms with Gasteiger partial charge in [-0.2, -0.15) is 0 Å². The number of carbonyl (C=O) groups excluding carboxylic acids is 2. The van der Waals surface area contributed by atoms with Crippen molar-refractivity contribution in [1.82, 2.24) is 25.0 Å². The van der Waals surface area contributed by atoms with E-state index in [1.54, 1.807) is 90.9 Å². The molecule has 0 bridgehead atoms. The van der Waals surface area contributed by atoms with Crippen LogP contribution in [0.4, 0.5) is 5.82 Å². The molecule has 2 heterocycles. The molecule has 0 spiro atoms. The molecule has 0 saturated heterocycles. The molecule has 474 valence electrons. The Labute approximate surface area is 606 Å². The first-order chi connectivity index (χ1) is 53.4. The zero-order valence-electron chi connectivity index (χ0n) is 77.6. The van der Waals surface area contributed by atoms with Crippen LogP contribution in [0.15, 0.2) is 206 Å². The van der Waals surface area contributed by atoms with Gasteiger partial charge >= 0.3 is 7.12 Å². The molecule has 1 atom stereocenters. The normalized spacial score (nSPS) is 17.5.